The maximum absolute atomic E-state index is 12.5. The van der Waals surface area contributed by atoms with E-state index in [9.17, 15) is 28.1 Å². The zero-order chi connectivity index (χ0) is 16.2. The van der Waals surface area contributed by atoms with Gasteiger partial charge in [0.05, 0.1) is 10.5 Å². The van der Waals surface area contributed by atoms with Crippen LogP contribution in [0, 0.1) is 16.0 Å². The lowest BCUT2D eigenvalue weighted by Crippen LogP contribution is -2.28. The van der Waals surface area contributed by atoms with Crippen LogP contribution in [0.2, 0.25) is 0 Å². The highest BCUT2D eigenvalue weighted by Gasteiger charge is 2.33. The minimum absolute atomic E-state index is 0.263. The molecule has 0 aliphatic heterocycles. The van der Waals surface area contributed by atoms with Gasteiger partial charge in [-0.1, -0.05) is 6.92 Å². The van der Waals surface area contributed by atoms with Gasteiger partial charge in [-0.15, -0.1) is 0 Å². The molecule has 1 unspecified atom stereocenters. The molecule has 6 nitrogen and oxygen atoms in total. The number of halogens is 3. The number of rotatable bonds is 5. The van der Waals surface area contributed by atoms with Gasteiger partial charge in [0.1, 0.15) is 5.69 Å². The lowest BCUT2D eigenvalue weighted by molar-refractivity contribution is -0.384. The predicted molar refractivity (Wildman–Crippen MR) is 69.8 cm³/mol. The molecule has 0 saturated carbocycles. The number of amides is 1. The van der Waals surface area contributed by atoms with Crippen LogP contribution in [0.5, 0.6) is 0 Å². The van der Waals surface area contributed by atoms with Crippen molar-refractivity contribution in [2.75, 3.05) is 18.9 Å². The first kappa shape index (κ1) is 16.9. The van der Waals surface area contributed by atoms with Gasteiger partial charge in [0.25, 0.3) is 5.69 Å². The van der Waals surface area contributed by atoms with Gasteiger partial charge in [0.2, 0.25) is 5.91 Å². The second kappa shape index (κ2) is 6.53. The molecule has 0 aliphatic rings. The molecule has 1 aromatic carbocycles. The third kappa shape index (κ3) is 4.42. The van der Waals surface area contributed by atoms with Crippen molar-refractivity contribution >= 4 is 17.3 Å². The largest absolute Gasteiger partial charge is 0.416 e. The molecule has 0 spiro atoms. The highest BCUT2D eigenvalue weighted by atomic mass is 19.4. The van der Waals surface area contributed by atoms with Crippen LogP contribution in [0.1, 0.15) is 12.5 Å². The summed E-state index contributed by atoms with van der Waals surface area (Å²) in [5, 5.41) is 15.9. The third-order valence-corrected chi connectivity index (χ3v) is 2.74. The number of carbonyl (C=O) groups is 1. The van der Waals surface area contributed by atoms with Gasteiger partial charge in [-0.2, -0.15) is 13.2 Å². The molecular formula is C12H14F3N3O3. The van der Waals surface area contributed by atoms with Crippen LogP contribution in [-0.2, 0) is 11.0 Å². The van der Waals surface area contributed by atoms with Gasteiger partial charge in [0, 0.05) is 18.5 Å². The minimum atomic E-state index is -4.69. The summed E-state index contributed by atoms with van der Waals surface area (Å²) < 4.78 is 37.6. The number of hydrogen-bond acceptors (Lipinski definition) is 4. The number of benzene rings is 1. The lowest BCUT2D eigenvalue weighted by atomic mass is 10.1. The normalized spacial score (nSPS) is 12.8. The molecule has 0 fully saturated rings. The van der Waals surface area contributed by atoms with Crippen molar-refractivity contribution in [3.05, 3.63) is 33.9 Å². The van der Waals surface area contributed by atoms with E-state index in [2.05, 4.69) is 10.6 Å². The van der Waals surface area contributed by atoms with Crippen molar-refractivity contribution in [1.82, 2.24) is 5.32 Å². The Kier molecular flexibility index (Phi) is 5.25. The second-order valence-electron chi connectivity index (χ2n) is 4.43. The molecule has 0 aromatic heterocycles. The van der Waals surface area contributed by atoms with Crippen molar-refractivity contribution in [3.8, 4) is 0 Å². The number of nitrogens with zero attached hydrogens (tertiary/aromatic N) is 1. The quantitative estimate of drug-likeness (QED) is 0.646. The van der Waals surface area contributed by atoms with E-state index in [0.717, 1.165) is 6.07 Å². The van der Waals surface area contributed by atoms with Gasteiger partial charge in [-0.05, 0) is 19.2 Å². The summed E-state index contributed by atoms with van der Waals surface area (Å²) >= 11 is 0. The smallest absolute Gasteiger partial charge is 0.320 e. The Hall–Kier alpha value is -2.16. The molecule has 21 heavy (non-hydrogen) atoms. The monoisotopic (exact) mass is 305 g/mol. The average molecular weight is 305 g/mol. The Balaban J connectivity index is 3.08. The number of anilines is 1. The van der Waals surface area contributed by atoms with Gasteiger partial charge in [-0.25, -0.2) is 0 Å². The SMILES string of the molecule is CNCC(C)C(=O)Nc1ccc(C(F)(F)F)cc1[N+](=O)[O-]. The summed E-state index contributed by atoms with van der Waals surface area (Å²) in [4.78, 5) is 21.7. The van der Waals surface area contributed by atoms with Gasteiger partial charge < -0.3 is 10.6 Å². The molecule has 2 N–H and O–H groups in total. The topological polar surface area (TPSA) is 84.3 Å². The summed E-state index contributed by atoms with van der Waals surface area (Å²) in [7, 11) is 1.63. The Bertz CT molecular complexity index is 546. The lowest BCUT2D eigenvalue weighted by Gasteiger charge is -2.13. The van der Waals surface area contributed by atoms with E-state index in [-0.39, 0.29) is 5.69 Å². The summed E-state index contributed by atoms with van der Waals surface area (Å²) in [5.41, 5.74) is -2.20. The number of nitro benzene ring substituents is 1. The number of nitro groups is 1. The zero-order valence-electron chi connectivity index (χ0n) is 11.3. The molecule has 0 aliphatic carbocycles. The molecule has 0 saturated heterocycles. The fourth-order valence-corrected chi connectivity index (χ4v) is 1.62. The highest BCUT2D eigenvalue weighted by molar-refractivity contribution is 5.94. The van der Waals surface area contributed by atoms with Crippen LogP contribution in [0.25, 0.3) is 0 Å². The van der Waals surface area contributed by atoms with E-state index in [0.29, 0.717) is 18.7 Å². The van der Waals surface area contributed by atoms with Crippen LogP contribution in [0.4, 0.5) is 24.5 Å². The fraction of sp³-hybridized carbons (Fsp3) is 0.417. The average Bonchev–Trinajstić information content (AvgIpc) is 2.37. The third-order valence-electron chi connectivity index (χ3n) is 2.74. The minimum Gasteiger partial charge on any atom is -0.320 e. The van der Waals surface area contributed by atoms with E-state index in [1.807, 2.05) is 0 Å². The van der Waals surface area contributed by atoms with E-state index in [4.69, 9.17) is 0 Å². The van der Waals surface area contributed by atoms with Crippen molar-refractivity contribution in [1.29, 1.82) is 0 Å². The summed E-state index contributed by atoms with van der Waals surface area (Å²) in [6.45, 7) is 1.92. The van der Waals surface area contributed by atoms with E-state index in [1.165, 1.54) is 0 Å². The highest BCUT2D eigenvalue weighted by Crippen LogP contribution is 2.35. The van der Waals surface area contributed by atoms with Crippen LogP contribution in [0.3, 0.4) is 0 Å². The number of alkyl halides is 3. The first-order valence-corrected chi connectivity index (χ1v) is 5.98. The number of nitrogens with one attached hydrogen (secondary N) is 2. The summed E-state index contributed by atoms with van der Waals surface area (Å²) in [6, 6.07) is 1.97. The molecule has 1 aromatic rings. The molecule has 1 amide bonds. The van der Waals surface area contributed by atoms with Crippen LogP contribution in [0.15, 0.2) is 18.2 Å². The van der Waals surface area contributed by atoms with Crippen molar-refractivity contribution < 1.29 is 22.9 Å². The first-order chi connectivity index (χ1) is 9.66. The Labute approximate surface area is 118 Å². The molecule has 1 rings (SSSR count). The maximum Gasteiger partial charge on any atom is 0.416 e. The molecule has 0 bridgehead atoms. The first-order valence-electron chi connectivity index (χ1n) is 5.98. The summed E-state index contributed by atoms with van der Waals surface area (Å²) in [6.07, 6.45) is -4.69. The molecular weight excluding hydrogens is 291 g/mol. The zero-order valence-corrected chi connectivity index (χ0v) is 11.3. The molecule has 0 radical (unpaired) electrons. The summed E-state index contributed by atoms with van der Waals surface area (Å²) in [5.74, 6) is -1.01. The van der Waals surface area contributed by atoms with Gasteiger partial charge >= 0.3 is 6.18 Å². The standard InChI is InChI=1S/C12H14F3N3O3/c1-7(6-16-2)11(19)17-9-4-3-8(12(13,14)15)5-10(9)18(20)21/h3-5,7,16H,6H2,1-2H3,(H,17,19). The van der Waals surface area contributed by atoms with E-state index in [1.54, 1.807) is 14.0 Å². The molecule has 0 heterocycles. The van der Waals surface area contributed by atoms with Crippen LogP contribution >= 0.6 is 0 Å². The Morgan fingerprint density at radius 3 is 2.52 bits per heavy atom. The predicted octanol–water partition coefficient (Wildman–Crippen LogP) is 2.41. The van der Waals surface area contributed by atoms with E-state index < -0.39 is 34.2 Å². The molecule has 1 atom stereocenters. The van der Waals surface area contributed by atoms with E-state index >= 15 is 0 Å². The Morgan fingerprint density at radius 1 is 1.43 bits per heavy atom. The van der Waals surface area contributed by atoms with Crippen molar-refractivity contribution in [3.63, 3.8) is 0 Å². The van der Waals surface area contributed by atoms with Crippen LogP contribution < -0.4 is 10.6 Å². The fourth-order valence-electron chi connectivity index (χ4n) is 1.62. The second-order valence-corrected chi connectivity index (χ2v) is 4.43. The van der Waals surface area contributed by atoms with Crippen LogP contribution in [-0.4, -0.2) is 24.4 Å². The number of carbonyl (C=O) groups excluding carboxylic acids is 1. The number of hydrogen-bond donors (Lipinski definition) is 2. The van der Waals surface area contributed by atoms with Gasteiger partial charge in [0.15, 0.2) is 0 Å². The van der Waals surface area contributed by atoms with Crippen molar-refractivity contribution in [2.45, 2.75) is 13.1 Å². The molecule has 116 valence electrons. The van der Waals surface area contributed by atoms with Crippen molar-refractivity contribution in [2.24, 2.45) is 5.92 Å². The Morgan fingerprint density at radius 2 is 2.05 bits per heavy atom. The molecule has 9 heteroatoms. The van der Waals surface area contributed by atoms with Gasteiger partial charge in [-0.3, -0.25) is 14.9 Å². The maximum atomic E-state index is 12.5.